The lowest BCUT2D eigenvalue weighted by atomic mass is 9.81. The standard InChI is InChI=1S/C18H21N3/c1-13-16(21-19)12-17(14-8-4-2-5-9-14)20-18(13)15-10-6-3-7-11-15/h2-11,13,17-18,20H,12,19H2,1H3/b21-16-/t13-,17+,18-/m1/s1. The van der Waals surface area contributed by atoms with Gasteiger partial charge in [0.1, 0.15) is 0 Å². The van der Waals surface area contributed by atoms with E-state index in [-0.39, 0.29) is 12.1 Å². The zero-order valence-electron chi connectivity index (χ0n) is 12.2. The molecule has 3 heteroatoms. The number of nitrogens with zero attached hydrogens (tertiary/aromatic N) is 1. The molecule has 0 radical (unpaired) electrons. The summed E-state index contributed by atoms with van der Waals surface area (Å²) >= 11 is 0. The van der Waals surface area contributed by atoms with Gasteiger partial charge in [0.25, 0.3) is 0 Å². The van der Waals surface area contributed by atoms with E-state index in [0.717, 1.165) is 12.1 Å². The Morgan fingerprint density at radius 3 is 2.10 bits per heavy atom. The summed E-state index contributed by atoms with van der Waals surface area (Å²) in [7, 11) is 0. The second-order valence-electron chi connectivity index (χ2n) is 5.63. The minimum atomic E-state index is 0.243. The van der Waals surface area contributed by atoms with Gasteiger partial charge in [-0.2, -0.15) is 5.10 Å². The van der Waals surface area contributed by atoms with E-state index in [1.54, 1.807) is 0 Å². The smallest absolute Gasteiger partial charge is 0.0441 e. The normalized spacial score (nSPS) is 27.7. The Hall–Kier alpha value is -2.13. The van der Waals surface area contributed by atoms with Gasteiger partial charge in [0.2, 0.25) is 0 Å². The average molecular weight is 279 g/mol. The van der Waals surface area contributed by atoms with Crippen LogP contribution in [-0.2, 0) is 0 Å². The molecule has 1 heterocycles. The first-order chi connectivity index (χ1) is 10.3. The number of hydrazone groups is 1. The van der Waals surface area contributed by atoms with Crippen LogP contribution in [0.1, 0.15) is 36.6 Å². The molecule has 3 N–H and O–H groups in total. The summed E-state index contributed by atoms with van der Waals surface area (Å²) in [5, 5.41) is 7.82. The van der Waals surface area contributed by atoms with Crippen LogP contribution >= 0.6 is 0 Å². The minimum absolute atomic E-state index is 0.243. The summed E-state index contributed by atoms with van der Waals surface area (Å²) in [5.74, 6) is 5.94. The monoisotopic (exact) mass is 279 g/mol. The Bertz CT molecular complexity index is 607. The Kier molecular flexibility index (Phi) is 4.02. The van der Waals surface area contributed by atoms with Gasteiger partial charge in [-0.1, -0.05) is 67.6 Å². The molecule has 0 amide bonds. The molecule has 0 spiro atoms. The largest absolute Gasteiger partial charge is 0.323 e. The van der Waals surface area contributed by atoms with E-state index in [9.17, 15) is 0 Å². The Morgan fingerprint density at radius 2 is 1.52 bits per heavy atom. The molecule has 0 bridgehead atoms. The van der Waals surface area contributed by atoms with Gasteiger partial charge in [0, 0.05) is 30.1 Å². The van der Waals surface area contributed by atoms with Crippen LogP contribution < -0.4 is 11.2 Å². The second kappa shape index (κ2) is 6.10. The third-order valence-corrected chi connectivity index (χ3v) is 4.35. The van der Waals surface area contributed by atoms with Crippen LogP contribution in [0, 0.1) is 5.92 Å². The topological polar surface area (TPSA) is 50.4 Å². The van der Waals surface area contributed by atoms with E-state index in [1.165, 1.54) is 11.1 Å². The first-order valence-electron chi connectivity index (χ1n) is 7.42. The highest BCUT2D eigenvalue weighted by atomic mass is 15.1. The Balaban J connectivity index is 1.93. The number of hydrogen-bond acceptors (Lipinski definition) is 3. The van der Waals surface area contributed by atoms with Crippen molar-refractivity contribution in [2.45, 2.75) is 25.4 Å². The molecule has 2 aromatic carbocycles. The van der Waals surface area contributed by atoms with Crippen LogP contribution in [0.2, 0.25) is 0 Å². The third kappa shape index (κ3) is 2.83. The lowest BCUT2D eigenvalue weighted by Crippen LogP contribution is -2.41. The van der Waals surface area contributed by atoms with E-state index in [1.807, 2.05) is 12.1 Å². The van der Waals surface area contributed by atoms with Crippen LogP contribution in [-0.4, -0.2) is 5.71 Å². The summed E-state index contributed by atoms with van der Waals surface area (Å²) in [5.41, 5.74) is 3.65. The number of hydrogen-bond donors (Lipinski definition) is 2. The summed E-state index contributed by atoms with van der Waals surface area (Å²) in [6, 6.07) is 21.5. The minimum Gasteiger partial charge on any atom is -0.323 e. The molecule has 0 aliphatic carbocycles. The van der Waals surface area contributed by atoms with Gasteiger partial charge in [-0.15, -0.1) is 0 Å². The van der Waals surface area contributed by atoms with Crippen molar-refractivity contribution in [2.75, 3.05) is 0 Å². The van der Waals surface area contributed by atoms with E-state index in [2.05, 4.69) is 65.9 Å². The zero-order chi connectivity index (χ0) is 14.7. The maximum Gasteiger partial charge on any atom is 0.0441 e. The van der Waals surface area contributed by atoms with E-state index in [4.69, 9.17) is 5.84 Å². The molecule has 0 aromatic heterocycles. The molecule has 0 saturated carbocycles. The van der Waals surface area contributed by atoms with E-state index >= 15 is 0 Å². The van der Waals surface area contributed by atoms with Crippen molar-refractivity contribution in [3.05, 3.63) is 71.8 Å². The van der Waals surface area contributed by atoms with Gasteiger partial charge in [-0.05, 0) is 11.1 Å². The molecule has 2 aromatic rings. The predicted octanol–water partition coefficient (Wildman–Crippen LogP) is 3.41. The number of piperidine rings is 1. The van der Waals surface area contributed by atoms with Crippen LogP contribution in [0.4, 0.5) is 0 Å². The van der Waals surface area contributed by atoms with Gasteiger partial charge in [0.05, 0.1) is 0 Å². The fourth-order valence-corrected chi connectivity index (χ4v) is 3.12. The molecule has 21 heavy (non-hydrogen) atoms. The summed E-state index contributed by atoms with van der Waals surface area (Å²) in [6.07, 6.45) is 0.866. The Labute approximate surface area is 125 Å². The fraction of sp³-hybridized carbons (Fsp3) is 0.278. The molecule has 108 valence electrons. The molecular weight excluding hydrogens is 258 g/mol. The summed E-state index contributed by atoms with van der Waals surface area (Å²) in [6.45, 7) is 2.19. The molecular formula is C18H21N3. The van der Waals surface area contributed by atoms with Crippen LogP contribution in [0.5, 0.6) is 0 Å². The lowest BCUT2D eigenvalue weighted by Gasteiger charge is -2.37. The maximum absolute atomic E-state index is 5.63. The van der Waals surface area contributed by atoms with Gasteiger partial charge in [0.15, 0.2) is 0 Å². The number of rotatable bonds is 2. The summed E-state index contributed by atoms with van der Waals surface area (Å²) in [4.78, 5) is 0. The van der Waals surface area contributed by atoms with Gasteiger partial charge in [-0.25, -0.2) is 0 Å². The van der Waals surface area contributed by atoms with Crippen molar-refractivity contribution in [1.82, 2.24) is 5.32 Å². The molecule has 1 aliphatic heterocycles. The van der Waals surface area contributed by atoms with Crippen molar-refractivity contribution in [2.24, 2.45) is 16.9 Å². The van der Waals surface area contributed by atoms with Gasteiger partial charge < -0.3 is 11.2 Å². The lowest BCUT2D eigenvalue weighted by molar-refractivity contribution is 0.364. The molecule has 1 fully saturated rings. The third-order valence-electron chi connectivity index (χ3n) is 4.35. The molecule has 1 aliphatic rings. The van der Waals surface area contributed by atoms with Gasteiger partial charge in [-0.3, -0.25) is 0 Å². The van der Waals surface area contributed by atoms with Crippen molar-refractivity contribution in [1.29, 1.82) is 0 Å². The number of nitrogens with two attached hydrogens (primary N) is 1. The molecule has 3 rings (SSSR count). The molecule has 0 unspecified atom stereocenters. The van der Waals surface area contributed by atoms with E-state index in [0.29, 0.717) is 5.92 Å². The molecule has 3 atom stereocenters. The molecule has 1 saturated heterocycles. The highest BCUT2D eigenvalue weighted by molar-refractivity contribution is 5.88. The highest BCUT2D eigenvalue weighted by Gasteiger charge is 2.33. The van der Waals surface area contributed by atoms with Crippen LogP contribution in [0.3, 0.4) is 0 Å². The van der Waals surface area contributed by atoms with E-state index < -0.39 is 0 Å². The highest BCUT2D eigenvalue weighted by Crippen LogP contribution is 2.34. The van der Waals surface area contributed by atoms with Crippen LogP contribution in [0.25, 0.3) is 0 Å². The number of nitrogens with one attached hydrogen (secondary N) is 1. The number of benzene rings is 2. The average Bonchev–Trinajstić information content (AvgIpc) is 2.56. The quantitative estimate of drug-likeness (QED) is 0.654. The van der Waals surface area contributed by atoms with Gasteiger partial charge >= 0.3 is 0 Å². The van der Waals surface area contributed by atoms with Crippen molar-refractivity contribution in [3.8, 4) is 0 Å². The van der Waals surface area contributed by atoms with Crippen molar-refractivity contribution < 1.29 is 0 Å². The first kappa shape index (κ1) is 13.8. The first-order valence-corrected chi connectivity index (χ1v) is 7.42. The van der Waals surface area contributed by atoms with Crippen molar-refractivity contribution in [3.63, 3.8) is 0 Å². The fourth-order valence-electron chi connectivity index (χ4n) is 3.12. The molecule has 3 nitrogen and oxygen atoms in total. The predicted molar refractivity (Wildman–Crippen MR) is 86.9 cm³/mol. The van der Waals surface area contributed by atoms with Crippen LogP contribution in [0.15, 0.2) is 65.8 Å². The summed E-state index contributed by atoms with van der Waals surface area (Å²) < 4.78 is 0. The Morgan fingerprint density at radius 1 is 0.952 bits per heavy atom. The van der Waals surface area contributed by atoms with Crippen molar-refractivity contribution >= 4 is 5.71 Å². The zero-order valence-corrected chi connectivity index (χ0v) is 12.2. The second-order valence-corrected chi connectivity index (χ2v) is 5.63. The maximum atomic E-state index is 5.63. The SMILES string of the molecule is C[C@@H]1/C(=N\N)C[C@@H](c2ccccc2)N[C@H]1c1ccccc1.